The van der Waals surface area contributed by atoms with Gasteiger partial charge in [-0.15, -0.1) is 0 Å². The van der Waals surface area contributed by atoms with Crippen molar-refractivity contribution in [3.05, 3.63) is 69.8 Å². The van der Waals surface area contributed by atoms with Gasteiger partial charge in [0.25, 0.3) is 0 Å². The van der Waals surface area contributed by atoms with Gasteiger partial charge in [-0.25, -0.2) is 0 Å². The quantitative estimate of drug-likeness (QED) is 0.623. The maximum Gasteiger partial charge on any atom is 0.194 e. The average molecular weight is 432 g/mol. The van der Waals surface area contributed by atoms with Crippen LogP contribution in [0.1, 0.15) is 38.8 Å². The molecule has 0 saturated heterocycles. The van der Waals surface area contributed by atoms with Crippen molar-refractivity contribution in [3.8, 4) is 23.0 Å². The number of Topliss-reactive ketones (excluding diaryl/α,β-unsaturated/α-hetero) is 2. The molecule has 0 atom stereocenters. The van der Waals surface area contributed by atoms with Crippen molar-refractivity contribution < 1.29 is 28.9 Å². The molecule has 1 aliphatic carbocycles. The topological polar surface area (TPSA) is 82.1 Å². The van der Waals surface area contributed by atoms with Gasteiger partial charge in [-0.2, -0.15) is 0 Å². The van der Waals surface area contributed by atoms with Gasteiger partial charge in [0.05, 0.1) is 32.3 Å². The molecule has 0 aromatic heterocycles. The van der Waals surface area contributed by atoms with Gasteiger partial charge in [-0.05, 0) is 31.5 Å². The van der Waals surface area contributed by atoms with Gasteiger partial charge in [-0.3, -0.25) is 9.59 Å². The number of methoxy groups -OCH3 is 3. The minimum absolute atomic E-state index is 0.0417. The first-order valence-corrected chi connectivity index (χ1v) is 10.2. The number of hydrogen-bond acceptors (Lipinski definition) is 6. The highest BCUT2D eigenvalue weighted by Gasteiger charge is 2.33. The zero-order valence-corrected chi connectivity index (χ0v) is 18.7. The number of ketones is 2. The molecule has 0 spiro atoms. The second-order valence-corrected chi connectivity index (χ2v) is 7.69. The molecule has 3 aromatic rings. The molecule has 0 unspecified atom stereocenters. The molecule has 0 saturated carbocycles. The molecule has 0 radical (unpaired) electrons. The fourth-order valence-electron chi connectivity index (χ4n) is 4.50. The van der Waals surface area contributed by atoms with Crippen LogP contribution in [0.3, 0.4) is 0 Å². The van der Waals surface area contributed by atoms with E-state index in [1.807, 2.05) is 25.1 Å². The number of phenols is 1. The predicted molar refractivity (Wildman–Crippen MR) is 122 cm³/mol. The summed E-state index contributed by atoms with van der Waals surface area (Å²) in [5.74, 6) is 0.972. The summed E-state index contributed by atoms with van der Waals surface area (Å²) in [5.41, 5.74) is 2.46. The summed E-state index contributed by atoms with van der Waals surface area (Å²) in [6, 6.07) is 10.2. The van der Waals surface area contributed by atoms with Crippen LogP contribution < -0.4 is 14.2 Å². The molecule has 32 heavy (non-hydrogen) atoms. The number of hydrogen-bond donors (Lipinski definition) is 1. The standard InChI is InChI=1S/C26H24O6/c1-13-17(24(29)21-15(23(13)28)8-6-10-19(21)27)12-18-14(2)25(31-4)16-9-7-11-20(30-3)22(16)26(18)32-5/h6-11,27H,12H2,1-5H3. The van der Waals surface area contributed by atoms with Gasteiger partial charge < -0.3 is 19.3 Å². The van der Waals surface area contributed by atoms with E-state index in [2.05, 4.69) is 0 Å². The summed E-state index contributed by atoms with van der Waals surface area (Å²) in [7, 11) is 4.73. The molecular weight excluding hydrogens is 408 g/mol. The number of carbonyl (C=O) groups excluding carboxylic acids is 2. The molecule has 3 aromatic carbocycles. The predicted octanol–water partition coefficient (Wildman–Crippen LogP) is 4.82. The third-order valence-corrected chi connectivity index (χ3v) is 6.13. The maximum atomic E-state index is 13.4. The largest absolute Gasteiger partial charge is 0.507 e. The van der Waals surface area contributed by atoms with E-state index in [1.165, 1.54) is 6.07 Å². The Morgan fingerprint density at radius 3 is 2.19 bits per heavy atom. The van der Waals surface area contributed by atoms with Gasteiger partial charge in [0.15, 0.2) is 11.6 Å². The first-order valence-electron chi connectivity index (χ1n) is 10.2. The van der Waals surface area contributed by atoms with Crippen LogP contribution in [0, 0.1) is 6.92 Å². The summed E-state index contributed by atoms with van der Waals surface area (Å²) in [6.07, 6.45) is 0.142. The molecule has 164 valence electrons. The number of ether oxygens (including phenoxy) is 3. The third kappa shape index (κ3) is 3.02. The Hall–Kier alpha value is -3.80. The Kier molecular flexibility index (Phi) is 5.38. The fourth-order valence-corrected chi connectivity index (χ4v) is 4.50. The number of aromatic hydroxyl groups is 1. The van der Waals surface area contributed by atoms with Crippen LogP contribution in [0.5, 0.6) is 23.0 Å². The van der Waals surface area contributed by atoms with Crippen molar-refractivity contribution in [1.29, 1.82) is 0 Å². The van der Waals surface area contributed by atoms with Gasteiger partial charge in [0, 0.05) is 34.1 Å². The first kappa shape index (κ1) is 21.4. The number of benzene rings is 3. The van der Waals surface area contributed by atoms with Crippen molar-refractivity contribution in [2.45, 2.75) is 20.3 Å². The molecule has 0 aliphatic heterocycles. The van der Waals surface area contributed by atoms with E-state index < -0.39 is 0 Å². The molecule has 4 rings (SSSR count). The Balaban J connectivity index is 1.98. The van der Waals surface area contributed by atoms with Crippen LogP contribution in [0.4, 0.5) is 0 Å². The van der Waals surface area contributed by atoms with Crippen molar-refractivity contribution >= 4 is 22.3 Å². The maximum absolute atomic E-state index is 13.4. The van der Waals surface area contributed by atoms with Crippen molar-refractivity contribution in [1.82, 2.24) is 0 Å². The third-order valence-electron chi connectivity index (χ3n) is 6.13. The molecular formula is C26H24O6. The second-order valence-electron chi connectivity index (χ2n) is 7.69. The molecule has 1 N–H and O–H groups in total. The number of rotatable bonds is 5. The Morgan fingerprint density at radius 1 is 0.844 bits per heavy atom. The van der Waals surface area contributed by atoms with Crippen molar-refractivity contribution in [2.75, 3.05) is 21.3 Å². The number of carbonyl (C=O) groups is 2. The highest BCUT2D eigenvalue weighted by molar-refractivity contribution is 6.27. The highest BCUT2D eigenvalue weighted by Crippen LogP contribution is 2.46. The summed E-state index contributed by atoms with van der Waals surface area (Å²) >= 11 is 0. The monoisotopic (exact) mass is 432 g/mol. The van der Waals surface area contributed by atoms with E-state index in [1.54, 1.807) is 40.4 Å². The summed E-state index contributed by atoms with van der Waals surface area (Å²) in [5, 5.41) is 11.9. The van der Waals surface area contributed by atoms with Crippen LogP contribution >= 0.6 is 0 Å². The molecule has 0 bridgehead atoms. The van der Waals surface area contributed by atoms with Crippen LogP contribution in [0.25, 0.3) is 10.8 Å². The van der Waals surface area contributed by atoms with Crippen LogP contribution in [-0.2, 0) is 6.42 Å². The van der Waals surface area contributed by atoms with Crippen LogP contribution in [-0.4, -0.2) is 38.0 Å². The average Bonchev–Trinajstić information content (AvgIpc) is 2.79. The summed E-state index contributed by atoms with van der Waals surface area (Å²) in [6.45, 7) is 3.54. The minimum Gasteiger partial charge on any atom is -0.507 e. The lowest BCUT2D eigenvalue weighted by atomic mass is 9.80. The zero-order chi connectivity index (χ0) is 23.2. The van der Waals surface area contributed by atoms with Gasteiger partial charge in [0.1, 0.15) is 23.0 Å². The lowest BCUT2D eigenvalue weighted by Crippen LogP contribution is -2.22. The summed E-state index contributed by atoms with van der Waals surface area (Å²) < 4.78 is 17.1. The van der Waals surface area contributed by atoms with E-state index in [-0.39, 0.29) is 34.9 Å². The lowest BCUT2D eigenvalue weighted by Gasteiger charge is -2.23. The smallest absolute Gasteiger partial charge is 0.194 e. The number of allylic oxidation sites excluding steroid dienone is 2. The van der Waals surface area contributed by atoms with E-state index >= 15 is 0 Å². The molecule has 1 aliphatic rings. The molecule has 0 fully saturated rings. The Labute approximate surface area is 186 Å². The zero-order valence-electron chi connectivity index (χ0n) is 18.7. The second kappa shape index (κ2) is 8.04. The van der Waals surface area contributed by atoms with Gasteiger partial charge >= 0.3 is 0 Å². The van der Waals surface area contributed by atoms with E-state index in [4.69, 9.17) is 14.2 Å². The van der Waals surface area contributed by atoms with Crippen LogP contribution in [0.15, 0.2) is 47.5 Å². The van der Waals surface area contributed by atoms with E-state index in [0.29, 0.717) is 28.4 Å². The first-order chi connectivity index (χ1) is 15.3. The lowest BCUT2D eigenvalue weighted by molar-refractivity contribution is 0.0970. The SMILES string of the molecule is COc1c(C)c(CC2=C(C)C(=O)c3cccc(O)c3C2=O)c(OC)c2c(OC)cccc12. The number of phenolic OH excluding ortho intramolecular Hbond substituents is 1. The van der Waals surface area contributed by atoms with Crippen molar-refractivity contribution in [3.63, 3.8) is 0 Å². The summed E-state index contributed by atoms with van der Waals surface area (Å²) in [4.78, 5) is 26.4. The van der Waals surface area contributed by atoms with Crippen molar-refractivity contribution in [2.24, 2.45) is 0 Å². The Bertz CT molecular complexity index is 1320. The van der Waals surface area contributed by atoms with Gasteiger partial charge in [-0.1, -0.05) is 24.3 Å². The highest BCUT2D eigenvalue weighted by atomic mass is 16.5. The fraction of sp³-hybridized carbons (Fsp3) is 0.231. The molecule has 6 nitrogen and oxygen atoms in total. The van der Waals surface area contributed by atoms with Gasteiger partial charge in [0.2, 0.25) is 0 Å². The van der Waals surface area contributed by atoms with E-state index in [0.717, 1.165) is 21.9 Å². The minimum atomic E-state index is -0.365. The molecule has 0 heterocycles. The number of fused-ring (bicyclic) bond motifs is 2. The normalized spacial score (nSPS) is 13.4. The van der Waals surface area contributed by atoms with E-state index in [9.17, 15) is 14.7 Å². The molecule has 0 amide bonds. The van der Waals surface area contributed by atoms with Crippen LogP contribution in [0.2, 0.25) is 0 Å². The molecule has 6 heteroatoms. The Morgan fingerprint density at radius 2 is 1.53 bits per heavy atom.